The Bertz CT molecular complexity index is 819. The van der Waals surface area contributed by atoms with Crippen molar-refractivity contribution in [2.45, 2.75) is 24.7 Å². The highest BCUT2D eigenvalue weighted by atomic mass is 32.2. The molecule has 0 bridgehead atoms. The van der Waals surface area contributed by atoms with Crippen LogP contribution in [0, 0.1) is 5.92 Å². The maximum Gasteiger partial charge on any atom is 0.159 e. The molecule has 1 saturated heterocycles. The molecule has 0 radical (unpaired) electrons. The van der Waals surface area contributed by atoms with Crippen LogP contribution in [0.15, 0.2) is 64.4 Å². The number of anilines is 1. The van der Waals surface area contributed by atoms with E-state index in [1.807, 2.05) is 31.1 Å². The Morgan fingerprint density at radius 2 is 1.89 bits per heavy atom. The summed E-state index contributed by atoms with van der Waals surface area (Å²) in [7, 11) is 2.02. The van der Waals surface area contributed by atoms with Crippen LogP contribution in [0.4, 0.5) is 5.69 Å². The number of Topliss-reactive ketones (excluding diaryl/α,β-unsaturated/α-hetero) is 1. The number of piperidine rings is 1. The summed E-state index contributed by atoms with van der Waals surface area (Å²) in [5.74, 6) is 0.721. The molecular formula is C21H26N4OS. The molecule has 0 saturated carbocycles. The molecule has 0 unspecified atom stereocenters. The van der Waals surface area contributed by atoms with Gasteiger partial charge in [-0.2, -0.15) is 0 Å². The van der Waals surface area contributed by atoms with Gasteiger partial charge in [0, 0.05) is 49.0 Å². The monoisotopic (exact) mass is 382 g/mol. The molecule has 27 heavy (non-hydrogen) atoms. The van der Waals surface area contributed by atoms with Gasteiger partial charge in [-0.25, -0.2) is 9.31 Å². The van der Waals surface area contributed by atoms with E-state index in [0.29, 0.717) is 12.5 Å². The van der Waals surface area contributed by atoms with Gasteiger partial charge in [0.2, 0.25) is 0 Å². The number of hydrogen-bond donors (Lipinski definition) is 1. The molecule has 0 amide bonds. The average Bonchev–Trinajstić information content (AvgIpc) is 3.01. The lowest BCUT2D eigenvalue weighted by Crippen LogP contribution is -2.32. The van der Waals surface area contributed by atoms with E-state index in [2.05, 4.69) is 44.8 Å². The number of carbonyl (C=O) groups excluding carboxylic acids is 1. The fourth-order valence-corrected chi connectivity index (χ4v) is 4.87. The molecule has 0 aromatic heterocycles. The standard InChI is InChI=1S/C21H26N4OS/c1-15(26)20-14-23(2)25-12-9-17(13-21(20)25)16-7-10-24(11-8-16)27-19-5-3-18(22)4-6-19/h3-6,9,12-13,16H,7-8,10-11,14,22H2,1-2H3. The van der Waals surface area contributed by atoms with E-state index in [1.54, 1.807) is 6.92 Å². The third-order valence-corrected chi connectivity index (χ3v) is 6.59. The molecule has 1 aromatic rings. The molecule has 0 spiro atoms. The number of ketones is 1. The van der Waals surface area contributed by atoms with Gasteiger partial charge in [0.15, 0.2) is 5.78 Å². The molecule has 3 aliphatic heterocycles. The Hall–Kier alpha value is -2.02. The summed E-state index contributed by atoms with van der Waals surface area (Å²) in [6, 6.07) is 8.08. The zero-order valence-corrected chi connectivity index (χ0v) is 16.7. The van der Waals surface area contributed by atoms with Gasteiger partial charge in [0.25, 0.3) is 0 Å². The van der Waals surface area contributed by atoms with Crippen molar-refractivity contribution in [3.63, 3.8) is 0 Å². The molecular weight excluding hydrogens is 356 g/mol. The number of nitrogens with two attached hydrogens (primary N) is 1. The van der Waals surface area contributed by atoms with Crippen molar-refractivity contribution in [2.24, 2.45) is 5.92 Å². The summed E-state index contributed by atoms with van der Waals surface area (Å²) >= 11 is 1.81. The first kappa shape index (κ1) is 18.3. The van der Waals surface area contributed by atoms with E-state index in [-0.39, 0.29) is 5.78 Å². The summed E-state index contributed by atoms with van der Waals surface area (Å²) in [6.07, 6.45) is 8.83. The van der Waals surface area contributed by atoms with Crippen molar-refractivity contribution in [3.8, 4) is 0 Å². The van der Waals surface area contributed by atoms with Crippen LogP contribution in [0.1, 0.15) is 19.8 Å². The second-order valence-electron chi connectivity index (χ2n) is 7.40. The van der Waals surface area contributed by atoms with E-state index in [0.717, 1.165) is 42.9 Å². The molecule has 2 N–H and O–H groups in total. The van der Waals surface area contributed by atoms with Gasteiger partial charge in [0.05, 0.1) is 5.70 Å². The van der Waals surface area contributed by atoms with Crippen LogP contribution in [0.5, 0.6) is 0 Å². The quantitative estimate of drug-likeness (QED) is 0.636. The van der Waals surface area contributed by atoms with E-state index in [4.69, 9.17) is 5.73 Å². The topological polar surface area (TPSA) is 52.8 Å². The lowest BCUT2D eigenvalue weighted by molar-refractivity contribution is -0.113. The van der Waals surface area contributed by atoms with Crippen LogP contribution in [-0.2, 0) is 4.79 Å². The minimum Gasteiger partial charge on any atom is -0.399 e. The average molecular weight is 383 g/mol. The first-order valence-corrected chi connectivity index (χ1v) is 10.2. The van der Waals surface area contributed by atoms with Crippen molar-refractivity contribution in [3.05, 3.63) is 59.5 Å². The normalized spacial score (nSPS) is 21.6. The van der Waals surface area contributed by atoms with Crippen LogP contribution >= 0.6 is 11.9 Å². The number of fused-ring (bicyclic) bond motifs is 1. The highest BCUT2D eigenvalue weighted by Gasteiger charge is 2.31. The second-order valence-corrected chi connectivity index (χ2v) is 8.57. The van der Waals surface area contributed by atoms with Gasteiger partial charge in [-0.3, -0.25) is 9.80 Å². The molecule has 1 fully saturated rings. The van der Waals surface area contributed by atoms with Gasteiger partial charge >= 0.3 is 0 Å². The summed E-state index contributed by atoms with van der Waals surface area (Å²) in [6.45, 7) is 4.48. The maximum absolute atomic E-state index is 12.0. The number of rotatable bonds is 4. The summed E-state index contributed by atoms with van der Waals surface area (Å²) in [4.78, 5) is 13.2. The molecule has 0 atom stereocenters. The molecule has 5 nitrogen and oxygen atoms in total. The van der Waals surface area contributed by atoms with Crippen molar-refractivity contribution < 1.29 is 4.79 Å². The Labute approximate surface area is 165 Å². The molecule has 6 heteroatoms. The van der Waals surface area contributed by atoms with Gasteiger partial charge in [-0.15, -0.1) is 0 Å². The lowest BCUT2D eigenvalue weighted by Gasteiger charge is -2.34. The SMILES string of the molecule is CC(=O)C1=C2C=C(C3CCN(Sc4ccc(N)cc4)CC3)C=CN2N(C)C1. The van der Waals surface area contributed by atoms with Crippen molar-refractivity contribution in [1.29, 1.82) is 0 Å². The Balaban J connectivity index is 1.41. The second kappa shape index (κ2) is 7.54. The smallest absolute Gasteiger partial charge is 0.159 e. The number of hydrazine groups is 1. The first-order chi connectivity index (χ1) is 13.0. The lowest BCUT2D eigenvalue weighted by atomic mass is 9.88. The number of nitrogens with zero attached hydrogens (tertiary/aromatic N) is 3. The Morgan fingerprint density at radius 1 is 1.19 bits per heavy atom. The van der Waals surface area contributed by atoms with Crippen LogP contribution < -0.4 is 5.73 Å². The Morgan fingerprint density at radius 3 is 2.56 bits per heavy atom. The predicted octanol–water partition coefficient (Wildman–Crippen LogP) is 3.45. The minimum absolute atomic E-state index is 0.167. The summed E-state index contributed by atoms with van der Waals surface area (Å²) < 4.78 is 2.44. The third kappa shape index (κ3) is 3.83. The fraction of sp³-hybridized carbons (Fsp3) is 0.381. The zero-order chi connectivity index (χ0) is 19.0. The summed E-state index contributed by atoms with van der Waals surface area (Å²) in [5, 5.41) is 4.17. The molecule has 3 aliphatic rings. The van der Waals surface area contributed by atoms with Crippen molar-refractivity contribution >= 4 is 23.4 Å². The van der Waals surface area contributed by atoms with Crippen LogP contribution in [0.2, 0.25) is 0 Å². The number of carbonyl (C=O) groups is 1. The van der Waals surface area contributed by atoms with Crippen LogP contribution in [0.25, 0.3) is 0 Å². The highest BCUT2D eigenvalue weighted by Crippen LogP contribution is 2.36. The van der Waals surface area contributed by atoms with E-state index >= 15 is 0 Å². The molecule has 3 heterocycles. The number of benzene rings is 1. The molecule has 1 aromatic carbocycles. The Kier molecular flexibility index (Phi) is 5.12. The maximum atomic E-state index is 12.0. The number of allylic oxidation sites excluding steroid dienone is 3. The van der Waals surface area contributed by atoms with E-state index < -0.39 is 0 Å². The van der Waals surface area contributed by atoms with Gasteiger partial charge in [0.1, 0.15) is 0 Å². The van der Waals surface area contributed by atoms with Crippen molar-refractivity contribution in [2.75, 3.05) is 32.4 Å². The number of hydrogen-bond acceptors (Lipinski definition) is 6. The van der Waals surface area contributed by atoms with Gasteiger partial charge in [-0.1, -0.05) is 0 Å². The summed E-state index contributed by atoms with van der Waals surface area (Å²) in [5.41, 5.74) is 9.90. The third-order valence-electron chi connectivity index (χ3n) is 5.49. The number of likely N-dealkylation sites (N-methyl/N-ethyl adjacent to an activating group) is 1. The van der Waals surface area contributed by atoms with E-state index in [9.17, 15) is 4.79 Å². The fourth-order valence-electron chi connectivity index (χ4n) is 3.92. The number of nitrogen functional groups attached to an aromatic ring is 1. The zero-order valence-electron chi connectivity index (χ0n) is 15.9. The van der Waals surface area contributed by atoms with E-state index in [1.165, 1.54) is 10.5 Å². The van der Waals surface area contributed by atoms with Gasteiger partial charge < -0.3 is 5.73 Å². The van der Waals surface area contributed by atoms with Gasteiger partial charge in [-0.05, 0) is 79.6 Å². The molecule has 142 valence electrons. The van der Waals surface area contributed by atoms with Crippen molar-refractivity contribution in [1.82, 2.24) is 14.3 Å². The highest BCUT2D eigenvalue weighted by molar-refractivity contribution is 7.97. The molecule has 4 rings (SSSR count). The predicted molar refractivity (Wildman–Crippen MR) is 110 cm³/mol. The van der Waals surface area contributed by atoms with Crippen LogP contribution in [0.3, 0.4) is 0 Å². The molecule has 0 aliphatic carbocycles. The first-order valence-electron chi connectivity index (χ1n) is 9.44. The van der Waals surface area contributed by atoms with Crippen LogP contribution in [-0.4, -0.2) is 46.8 Å². The minimum atomic E-state index is 0.167. The largest absolute Gasteiger partial charge is 0.399 e.